The van der Waals surface area contributed by atoms with Crippen molar-refractivity contribution < 1.29 is 9.59 Å². The van der Waals surface area contributed by atoms with E-state index in [9.17, 15) is 9.59 Å². The summed E-state index contributed by atoms with van der Waals surface area (Å²) >= 11 is 0. The molecule has 0 unspecified atom stereocenters. The third-order valence-electron chi connectivity index (χ3n) is 7.06. The van der Waals surface area contributed by atoms with E-state index in [-0.39, 0.29) is 23.4 Å². The predicted octanol–water partition coefficient (Wildman–Crippen LogP) is 4.01. The van der Waals surface area contributed by atoms with Gasteiger partial charge in [-0.15, -0.1) is 0 Å². The molecule has 3 fully saturated rings. The van der Waals surface area contributed by atoms with Gasteiger partial charge in [-0.2, -0.15) is 0 Å². The standard InChI is InChI=1S/C19H24O2/c1-18-8-3-4-15(18)14-6-5-12-10-13(20)11-17(21)19(12,2)16(14)7-9-18/h5-6,15-16H,3-4,7-11H2,1-2H3/t15-,16-,18-,19-/m0/s1. The second kappa shape index (κ2) is 4.18. The van der Waals surface area contributed by atoms with Gasteiger partial charge in [0.05, 0.1) is 11.8 Å². The molecule has 0 heterocycles. The van der Waals surface area contributed by atoms with Gasteiger partial charge in [0.25, 0.3) is 0 Å². The van der Waals surface area contributed by atoms with Crippen LogP contribution in [0.15, 0.2) is 23.3 Å². The van der Waals surface area contributed by atoms with Gasteiger partial charge < -0.3 is 0 Å². The van der Waals surface area contributed by atoms with Crippen molar-refractivity contribution in [2.75, 3.05) is 0 Å². The van der Waals surface area contributed by atoms with Crippen LogP contribution < -0.4 is 0 Å². The predicted molar refractivity (Wildman–Crippen MR) is 81.7 cm³/mol. The lowest BCUT2D eigenvalue weighted by Crippen LogP contribution is -2.49. The van der Waals surface area contributed by atoms with Gasteiger partial charge in [-0.1, -0.05) is 31.1 Å². The Morgan fingerprint density at radius 1 is 1.00 bits per heavy atom. The highest BCUT2D eigenvalue weighted by Gasteiger charge is 2.56. The molecule has 0 aliphatic heterocycles. The first kappa shape index (κ1) is 13.5. The van der Waals surface area contributed by atoms with Crippen molar-refractivity contribution in [1.29, 1.82) is 0 Å². The minimum absolute atomic E-state index is 0.0992. The second-order valence-corrected chi connectivity index (χ2v) is 8.07. The molecule has 2 heteroatoms. The Morgan fingerprint density at radius 2 is 1.81 bits per heavy atom. The number of ketones is 2. The van der Waals surface area contributed by atoms with Crippen LogP contribution in [0.25, 0.3) is 0 Å². The van der Waals surface area contributed by atoms with Crippen LogP contribution in [0.4, 0.5) is 0 Å². The molecule has 4 rings (SSSR count). The lowest BCUT2D eigenvalue weighted by atomic mass is 9.51. The van der Waals surface area contributed by atoms with Crippen molar-refractivity contribution in [2.45, 2.75) is 58.8 Å². The van der Waals surface area contributed by atoms with Crippen LogP contribution >= 0.6 is 0 Å². The average molecular weight is 284 g/mol. The van der Waals surface area contributed by atoms with E-state index in [0.717, 1.165) is 12.0 Å². The van der Waals surface area contributed by atoms with Crippen molar-refractivity contribution in [3.8, 4) is 0 Å². The summed E-state index contributed by atoms with van der Waals surface area (Å²) in [5, 5.41) is 0. The van der Waals surface area contributed by atoms with Crippen LogP contribution in [0.2, 0.25) is 0 Å². The Balaban J connectivity index is 1.80. The summed E-state index contributed by atoms with van der Waals surface area (Å²) in [4.78, 5) is 24.5. The summed E-state index contributed by atoms with van der Waals surface area (Å²) in [7, 11) is 0. The van der Waals surface area contributed by atoms with Crippen LogP contribution in [-0.4, -0.2) is 11.6 Å². The molecule has 3 saturated carbocycles. The van der Waals surface area contributed by atoms with Crippen LogP contribution in [0.1, 0.15) is 58.8 Å². The lowest BCUT2D eigenvalue weighted by Gasteiger charge is -2.52. The van der Waals surface area contributed by atoms with Gasteiger partial charge in [0.15, 0.2) is 5.78 Å². The van der Waals surface area contributed by atoms with Gasteiger partial charge in [-0.05, 0) is 55.4 Å². The molecule has 4 aliphatic carbocycles. The molecule has 2 nitrogen and oxygen atoms in total. The molecule has 4 aliphatic rings. The smallest absolute Gasteiger partial charge is 0.150 e. The molecule has 0 spiro atoms. The SMILES string of the molecule is C[C@@]12CCC[C@H]1C1=CC=C3CC(=O)CC(=O)[C@]3(C)[C@H]1CC2. The van der Waals surface area contributed by atoms with E-state index in [1.807, 2.05) is 0 Å². The van der Waals surface area contributed by atoms with Crippen molar-refractivity contribution in [2.24, 2.45) is 22.7 Å². The molecular formula is C19H24O2. The van der Waals surface area contributed by atoms with Gasteiger partial charge in [0.2, 0.25) is 0 Å². The van der Waals surface area contributed by atoms with E-state index in [1.165, 1.54) is 31.3 Å². The van der Waals surface area contributed by atoms with Crippen molar-refractivity contribution >= 4 is 11.6 Å². The van der Waals surface area contributed by atoms with E-state index in [2.05, 4.69) is 26.0 Å². The zero-order valence-electron chi connectivity index (χ0n) is 13.1. The molecule has 21 heavy (non-hydrogen) atoms. The molecule has 0 aromatic rings. The van der Waals surface area contributed by atoms with Gasteiger partial charge >= 0.3 is 0 Å². The fourth-order valence-corrected chi connectivity index (χ4v) is 5.69. The zero-order chi connectivity index (χ0) is 14.8. The highest BCUT2D eigenvalue weighted by molar-refractivity contribution is 6.08. The quantitative estimate of drug-likeness (QED) is 0.630. The normalized spacial score (nSPS) is 45.4. The van der Waals surface area contributed by atoms with Gasteiger partial charge in [0, 0.05) is 6.42 Å². The molecule has 0 N–H and O–H groups in total. The average Bonchev–Trinajstić information content (AvgIpc) is 2.82. The van der Waals surface area contributed by atoms with Crippen LogP contribution in [-0.2, 0) is 9.59 Å². The molecule has 0 saturated heterocycles. The molecular weight excluding hydrogens is 260 g/mol. The number of fused-ring (bicyclic) bond motifs is 5. The van der Waals surface area contributed by atoms with Gasteiger partial charge in [0.1, 0.15) is 5.78 Å². The number of hydrogen-bond donors (Lipinski definition) is 0. The van der Waals surface area contributed by atoms with E-state index in [4.69, 9.17) is 0 Å². The van der Waals surface area contributed by atoms with Gasteiger partial charge in [-0.3, -0.25) is 9.59 Å². The first-order chi connectivity index (χ1) is 9.95. The summed E-state index contributed by atoms with van der Waals surface area (Å²) in [5.74, 6) is 1.29. The third-order valence-corrected chi connectivity index (χ3v) is 7.06. The maximum atomic E-state index is 12.7. The zero-order valence-corrected chi connectivity index (χ0v) is 13.1. The molecule has 0 aromatic carbocycles. The molecule has 0 radical (unpaired) electrons. The van der Waals surface area contributed by atoms with Crippen LogP contribution in [0.5, 0.6) is 0 Å². The number of rotatable bonds is 0. The van der Waals surface area contributed by atoms with Crippen molar-refractivity contribution in [1.82, 2.24) is 0 Å². The van der Waals surface area contributed by atoms with Gasteiger partial charge in [-0.25, -0.2) is 0 Å². The summed E-state index contributed by atoms with van der Waals surface area (Å²) in [6.07, 6.45) is 11.3. The number of allylic oxidation sites excluding steroid dienone is 4. The summed E-state index contributed by atoms with van der Waals surface area (Å²) in [6.45, 7) is 4.55. The summed E-state index contributed by atoms with van der Waals surface area (Å²) in [6, 6.07) is 0. The molecule has 4 atom stereocenters. The topological polar surface area (TPSA) is 34.1 Å². The number of carbonyl (C=O) groups excluding carboxylic acids is 2. The number of carbonyl (C=O) groups is 2. The van der Waals surface area contributed by atoms with Crippen molar-refractivity contribution in [3.05, 3.63) is 23.3 Å². The summed E-state index contributed by atoms with van der Waals surface area (Å²) < 4.78 is 0. The molecule has 112 valence electrons. The maximum absolute atomic E-state index is 12.7. The lowest BCUT2D eigenvalue weighted by molar-refractivity contribution is -0.136. The Kier molecular flexibility index (Phi) is 2.68. The minimum atomic E-state index is -0.387. The Bertz CT molecular complexity index is 597. The molecule has 0 bridgehead atoms. The Hall–Kier alpha value is -1.18. The second-order valence-electron chi connectivity index (χ2n) is 8.07. The van der Waals surface area contributed by atoms with E-state index in [1.54, 1.807) is 0 Å². The first-order valence-electron chi connectivity index (χ1n) is 8.41. The minimum Gasteiger partial charge on any atom is -0.299 e. The highest BCUT2D eigenvalue weighted by Crippen LogP contribution is 2.62. The largest absolute Gasteiger partial charge is 0.299 e. The molecule has 0 amide bonds. The Labute approximate surface area is 126 Å². The molecule has 0 aromatic heterocycles. The van der Waals surface area contributed by atoms with Crippen molar-refractivity contribution in [3.63, 3.8) is 0 Å². The maximum Gasteiger partial charge on any atom is 0.150 e. The van der Waals surface area contributed by atoms with Crippen LogP contribution in [0.3, 0.4) is 0 Å². The third kappa shape index (κ3) is 1.65. The number of Topliss-reactive ketones (excluding diaryl/α,β-unsaturated/α-hetero) is 2. The number of hydrogen-bond acceptors (Lipinski definition) is 2. The highest BCUT2D eigenvalue weighted by atomic mass is 16.2. The monoisotopic (exact) mass is 284 g/mol. The van der Waals surface area contributed by atoms with E-state index >= 15 is 0 Å². The Morgan fingerprint density at radius 3 is 2.62 bits per heavy atom. The summed E-state index contributed by atoms with van der Waals surface area (Å²) in [5.41, 5.74) is 2.67. The first-order valence-corrected chi connectivity index (χ1v) is 8.41. The van der Waals surface area contributed by atoms with E-state index in [0.29, 0.717) is 23.7 Å². The fraction of sp³-hybridized carbons (Fsp3) is 0.684. The van der Waals surface area contributed by atoms with E-state index < -0.39 is 0 Å². The fourth-order valence-electron chi connectivity index (χ4n) is 5.69. The van der Waals surface area contributed by atoms with Crippen LogP contribution in [0, 0.1) is 22.7 Å².